The number of amides is 2. The Morgan fingerprint density at radius 2 is 2.04 bits per heavy atom. The fourth-order valence-corrected chi connectivity index (χ4v) is 2.84. The van der Waals surface area contributed by atoms with E-state index in [4.69, 9.17) is 4.74 Å². The summed E-state index contributed by atoms with van der Waals surface area (Å²) in [5.41, 5.74) is 1.64. The van der Waals surface area contributed by atoms with Crippen molar-refractivity contribution >= 4 is 22.5 Å². The fourth-order valence-electron chi connectivity index (χ4n) is 1.92. The van der Waals surface area contributed by atoms with E-state index < -0.39 is 10.8 Å². The third-order valence-corrected chi connectivity index (χ3v) is 5.32. The molecule has 0 bridgehead atoms. The molecule has 6 heteroatoms. The monoisotopic (exact) mass is 340 g/mol. The van der Waals surface area contributed by atoms with Crippen molar-refractivity contribution in [1.82, 2.24) is 5.32 Å². The zero-order valence-electron chi connectivity index (χ0n) is 14.6. The zero-order valence-corrected chi connectivity index (χ0v) is 15.5. The van der Waals surface area contributed by atoms with Gasteiger partial charge in [0.1, 0.15) is 0 Å². The van der Waals surface area contributed by atoms with E-state index in [0.29, 0.717) is 18.0 Å². The van der Waals surface area contributed by atoms with E-state index in [1.807, 2.05) is 52.0 Å². The maximum Gasteiger partial charge on any atom is 0.319 e. The molecule has 2 atom stereocenters. The van der Waals surface area contributed by atoms with E-state index in [2.05, 4.69) is 10.6 Å². The highest BCUT2D eigenvalue weighted by atomic mass is 32.2. The van der Waals surface area contributed by atoms with Gasteiger partial charge in [-0.05, 0) is 44.9 Å². The number of benzene rings is 1. The molecule has 2 N–H and O–H groups in total. The molecule has 0 radical (unpaired) electrons. The van der Waals surface area contributed by atoms with E-state index in [0.717, 1.165) is 12.0 Å². The number of urea groups is 1. The first-order valence-electron chi connectivity index (χ1n) is 7.80. The molecule has 0 fully saturated rings. The summed E-state index contributed by atoms with van der Waals surface area (Å²) in [4.78, 5) is 12.0. The van der Waals surface area contributed by atoms with Crippen LogP contribution in [0.4, 0.5) is 10.5 Å². The Labute approximate surface area is 141 Å². The first-order valence-corrected chi connectivity index (χ1v) is 9.12. The van der Waals surface area contributed by atoms with Crippen molar-refractivity contribution in [2.24, 2.45) is 0 Å². The second kappa shape index (κ2) is 9.03. The number of anilines is 1. The number of rotatable bonds is 7. The molecule has 2 amide bonds. The lowest BCUT2D eigenvalue weighted by Gasteiger charge is -2.18. The molecule has 0 aliphatic rings. The minimum absolute atomic E-state index is 0.0171. The van der Waals surface area contributed by atoms with Crippen molar-refractivity contribution < 1.29 is 13.7 Å². The molecule has 130 valence electrons. The van der Waals surface area contributed by atoms with Crippen LogP contribution in [0.15, 0.2) is 24.3 Å². The van der Waals surface area contributed by atoms with Crippen LogP contribution in [0.3, 0.4) is 0 Å². The van der Waals surface area contributed by atoms with Crippen molar-refractivity contribution in [3.8, 4) is 0 Å². The Kier molecular flexibility index (Phi) is 7.72. The molecular formula is C17H28N2O3S. The molecule has 0 saturated heterocycles. The lowest BCUT2D eigenvalue weighted by molar-refractivity contribution is 0.165. The van der Waals surface area contributed by atoms with E-state index >= 15 is 0 Å². The van der Waals surface area contributed by atoms with Gasteiger partial charge < -0.3 is 15.4 Å². The van der Waals surface area contributed by atoms with Crippen molar-refractivity contribution in [3.63, 3.8) is 0 Å². The summed E-state index contributed by atoms with van der Waals surface area (Å²) >= 11 is 0. The first kappa shape index (κ1) is 19.6. The summed E-state index contributed by atoms with van der Waals surface area (Å²) in [6.45, 7) is 8.35. The third-order valence-electron chi connectivity index (χ3n) is 3.36. The highest BCUT2D eigenvalue weighted by Crippen LogP contribution is 2.18. The predicted molar refractivity (Wildman–Crippen MR) is 96.2 cm³/mol. The Morgan fingerprint density at radius 3 is 2.61 bits per heavy atom. The Balaban J connectivity index is 2.66. The van der Waals surface area contributed by atoms with E-state index in [9.17, 15) is 9.00 Å². The van der Waals surface area contributed by atoms with Crippen LogP contribution in [0.1, 0.15) is 39.7 Å². The lowest BCUT2D eigenvalue weighted by Crippen LogP contribution is -2.40. The van der Waals surface area contributed by atoms with Gasteiger partial charge in [0.15, 0.2) is 0 Å². The van der Waals surface area contributed by atoms with Crippen molar-refractivity contribution in [2.45, 2.75) is 50.7 Å². The van der Waals surface area contributed by atoms with E-state index in [-0.39, 0.29) is 16.8 Å². The number of carbonyl (C=O) groups is 1. The summed E-state index contributed by atoms with van der Waals surface area (Å²) in [6, 6.07) is 7.18. The van der Waals surface area contributed by atoms with Crippen LogP contribution in [0, 0.1) is 0 Å². The SMILES string of the molecule is CC[C@@H](COC)NC(=O)Nc1cccc(C[S@@](=O)C(C)(C)C)c1. The van der Waals surface area contributed by atoms with Crippen molar-refractivity contribution in [1.29, 1.82) is 0 Å². The Bertz CT molecular complexity index is 541. The lowest BCUT2D eigenvalue weighted by atomic mass is 10.2. The van der Waals surface area contributed by atoms with Crippen LogP contribution in [-0.4, -0.2) is 34.7 Å². The normalized spacial score (nSPS) is 14.1. The maximum atomic E-state index is 12.2. The van der Waals surface area contributed by atoms with Crippen LogP contribution in [0.5, 0.6) is 0 Å². The molecule has 5 nitrogen and oxygen atoms in total. The van der Waals surface area contributed by atoms with Crippen molar-refractivity contribution in [2.75, 3.05) is 19.0 Å². The largest absolute Gasteiger partial charge is 0.383 e. The molecule has 0 spiro atoms. The number of methoxy groups -OCH3 is 1. The number of carbonyl (C=O) groups excluding carboxylic acids is 1. The second-order valence-electron chi connectivity index (χ2n) is 6.46. The average molecular weight is 340 g/mol. The van der Waals surface area contributed by atoms with Gasteiger partial charge in [-0.2, -0.15) is 0 Å². The summed E-state index contributed by atoms with van der Waals surface area (Å²) in [7, 11) is 0.645. The summed E-state index contributed by atoms with van der Waals surface area (Å²) in [5.74, 6) is 0.474. The number of hydrogen-bond donors (Lipinski definition) is 2. The molecule has 1 aromatic carbocycles. The smallest absolute Gasteiger partial charge is 0.319 e. The Hall–Kier alpha value is -1.40. The minimum Gasteiger partial charge on any atom is -0.383 e. The fraction of sp³-hybridized carbons (Fsp3) is 0.588. The second-order valence-corrected chi connectivity index (χ2v) is 8.67. The molecule has 1 aromatic rings. The zero-order chi connectivity index (χ0) is 17.5. The quantitative estimate of drug-likeness (QED) is 0.800. The third kappa shape index (κ3) is 7.14. The van der Waals surface area contributed by atoms with E-state index in [1.165, 1.54) is 0 Å². The molecule has 23 heavy (non-hydrogen) atoms. The van der Waals surface area contributed by atoms with Gasteiger partial charge in [-0.3, -0.25) is 4.21 Å². The van der Waals surface area contributed by atoms with Gasteiger partial charge in [0.2, 0.25) is 0 Å². The van der Waals surface area contributed by atoms with E-state index in [1.54, 1.807) is 7.11 Å². The number of hydrogen-bond acceptors (Lipinski definition) is 3. The van der Waals surface area contributed by atoms with Gasteiger partial charge in [0.25, 0.3) is 0 Å². The Morgan fingerprint density at radius 1 is 1.35 bits per heavy atom. The van der Waals surface area contributed by atoms with Crippen LogP contribution < -0.4 is 10.6 Å². The topological polar surface area (TPSA) is 67.4 Å². The van der Waals surface area contributed by atoms with Crippen LogP contribution in [0.25, 0.3) is 0 Å². The van der Waals surface area contributed by atoms with Crippen LogP contribution >= 0.6 is 0 Å². The maximum absolute atomic E-state index is 12.2. The molecule has 1 rings (SSSR count). The summed E-state index contributed by atoms with van der Waals surface area (Å²) < 4.78 is 17.0. The minimum atomic E-state index is -0.967. The number of nitrogens with one attached hydrogen (secondary N) is 2. The molecule has 0 unspecified atom stereocenters. The van der Waals surface area contributed by atoms with Crippen LogP contribution in [-0.2, 0) is 21.3 Å². The summed E-state index contributed by atoms with van der Waals surface area (Å²) in [5, 5.41) is 5.68. The molecule has 0 saturated carbocycles. The highest BCUT2D eigenvalue weighted by molar-refractivity contribution is 7.85. The number of ether oxygens (including phenoxy) is 1. The van der Waals surface area contributed by atoms with Gasteiger partial charge in [-0.25, -0.2) is 4.79 Å². The molecule has 0 aliphatic carbocycles. The van der Waals surface area contributed by atoms with Crippen molar-refractivity contribution in [3.05, 3.63) is 29.8 Å². The average Bonchev–Trinajstić information content (AvgIpc) is 2.46. The van der Waals surface area contributed by atoms with Gasteiger partial charge in [-0.1, -0.05) is 19.1 Å². The van der Waals surface area contributed by atoms with Gasteiger partial charge in [-0.15, -0.1) is 0 Å². The molecule has 0 aromatic heterocycles. The van der Waals surface area contributed by atoms with Gasteiger partial charge in [0.05, 0.1) is 12.6 Å². The molecule has 0 aliphatic heterocycles. The highest BCUT2D eigenvalue weighted by Gasteiger charge is 2.19. The first-order chi connectivity index (χ1) is 10.8. The summed E-state index contributed by atoms with van der Waals surface area (Å²) in [6.07, 6.45) is 0.797. The predicted octanol–water partition coefficient (Wildman–Crippen LogP) is 3.28. The molecular weight excluding hydrogens is 312 g/mol. The standard InChI is InChI=1S/C17H28N2O3S/c1-6-14(11-22-5)18-16(20)19-15-9-7-8-13(10-15)12-23(21)17(2,3)4/h7-10,14H,6,11-12H2,1-5H3,(H2,18,19,20)/t14-,23+/m0/s1. The van der Waals surface area contributed by atoms with Gasteiger partial charge >= 0.3 is 6.03 Å². The molecule has 0 heterocycles. The van der Waals surface area contributed by atoms with Gasteiger partial charge in [0, 0.05) is 34.1 Å². The van der Waals surface area contributed by atoms with Crippen LogP contribution in [0.2, 0.25) is 0 Å².